The van der Waals surface area contributed by atoms with Crippen LogP contribution in [0.25, 0.3) is 16.6 Å². The van der Waals surface area contributed by atoms with Crippen molar-refractivity contribution >= 4 is 28.1 Å². The van der Waals surface area contributed by atoms with Gasteiger partial charge in [0.25, 0.3) is 0 Å². The van der Waals surface area contributed by atoms with Crippen molar-refractivity contribution < 1.29 is 9.53 Å². The summed E-state index contributed by atoms with van der Waals surface area (Å²) in [6.45, 7) is 0. The monoisotopic (exact) mass is 350 g/mol. The van der Waals surface area contributed by atoms with Gasteiger partial charge in [0, 0.05) is 41.7 Å². The van der Waals surface area contributed by atoms with E-state index >= 15 is 0 Å². The lowest BCUT2D eigenvalue weighted by molar-refractivity contribution is -0.116. The van der Waals surface area contributed by atoms with E-state index in [1.165, 1.54) is 0 Å². The molecule has 0 aliphatic heterocycles. The number of ether oxygens (including phenoxy) is 1. The SMILES string of the molecule is COc1ccc2nnc(CCCC(=O)Nc3ccc4[nH]ccc4c3)n2n1. The summed E-state index contributed by atoms with van der Waals surface area (Å²) < 4.78 is 6.78. The highest BCUT2D eigenvalue weighted by Crippen LogP contribution is 2.18. The smallest absolute Gasteiger partial charge is 0.231 e. The van der Waals surface area contributed by atoms with E-state index in [0.717, 1.165) is 16.6 Å². The molecule has 3 aromatic heterocycles. The Bertz CT molecular complexity index is 1070. The normalized spacial score (nSPS) is 11.1. The van der Waals surface area contributed by atoms with Crippen LogP contribution in [0.5, 0.6) is 5.88 Å². The number of benzene rings is 1. The number of amides is 1. The minimum Gasteiger partial charge on any atom is -0.480 e. The lowest BCUT2D eigenvalue weighted by atomic mass is 10.2. The van der Waals surface area contributed by atoms with Gasteiger partial charge in [-0.3, -0.25) is 4.79 Å². The maximum absolute atomic E-state index is 12.2. The lowest BCUT2D eigenvalue weighted by Crippen LogP contribution is -2.12. The fourth-order valence-electron chi connectivity index (χ4n) is 2.84. The van der Waals surface area contributed by atoms with Crippen LogP contribution in [0.4, 0.5) is 5.69 Å². The largest absolute Gasteiger partial charge is 0.480 e. The summed E-state index contributed by atoms with van der Waals surface area (Å²) in [4.78, 5) is 15.3. The molecule has 1 aromatic carbocycles. The summed E-state index contributed by atoms with van der Waals surface area (Å²) in [5, 5.41) is 16.5. The van der Waals surface area contributed by atoms with Gasteiger partial charge in [0.1, 0.15) is 0 Å². The van der Waals surface area contributed by atoms with Gasteiger partial charge in [-0.15, -0.1) is 15.3 Å². The summed E-state index contributed by atoms with van der Waals surface area (Å²) in [5.41, 5.74) is 2.50. The Labute approximate surface area is 149 Å². The minimum absolute atomic E-state index is 0.0285. The van der Waals surface area contributed by atoms with Gasteiger partial charge in [-0.25, -0.2) is 0 Å². The first-order valence-corrected chi connectivity index (χ1v) is 8.35. The highest BCUT2D eigenvalue weighted by Gasteiger charge is 2.10. The first kappa shape index (κ1) is 16.1. The number of methoxy groups -OCH3 is 1. The highest BCUT2D eigenvalue weighted by molar-refractivity contribution is 5.93. The number of anilines is 1. The first-order valence-electron chi connectivity index (χ1n) is 8.35. The summed E-state index contributed by atoms with van der Waals surface area (Å²) in [6, 6.07) is 11.3. The van der Waals surface area contributed by atoms with Crippen molar-refractivity contribution in [1.82, 2.24) is 24.8 Å². The molecule has 0 bridgehead atoms. The van der Waals surface area contributed by atoms with E-state index in [4.69, 9.17) is 4.74 Å². The van der Waals surface area contributed by atoms with E-state index < -0.39 is 0 Å². The van der Waals surface area contributed by atoms with Crippen molar-refractivity contribution in [2.75, 3.05) is 12.4 Å². The van der Waals surface area contributed by atoms with Crippen molar-refractivity contribution in [3.8, 4) is 5.88 Å². The number of carbonyl (C=O) groups is 1. The number of aryl methyl sites for hydroxylation is 1. The number of hydrogen-bond donors (Lipinski definition) is 2. The Balaban J connectivity index is 1.36. The molecular formula is C18H18N6O2. The molecule has 0 radical (unpaired) electrons. The second kappa shape index (κ2) is 6.83. The van der Waals surface area contributed by atoms with Gasteiger partial charge >= 0.3 is 0 Å². The minimum atomic E-state index is -0.0285. The van der Waals surface area contributed by atoms with E-state index in [-0.39, 0.29) is 5.91 Å². The molecule has 8 heteroatoms. The van der Waals surface area contributed by atoms with Crippen LogP contribution in [0.15, 0.2) is 42.6 Å². The van der Waals surface area contributed by atoms with Crippen LogP contribution >= 0.6 is 0 Å². The van der Waals surface area contributed by atoms with Gasteiger partial charge in [0.15, 0.2) is 11.5 Å². The molecule has 132 valence electrons. The Morgan fingerprint density at radius 2 is 2.15 bits per heavy atom. The number of fused-ring (bicyclic) bond motifs is 2. The van der Waals surface area contributed by atoms with E-state index in [9.17, 15) is 4.79 Å². The van der Waals surface area contributed by atoms with Gasteiger partial charge < -0.3 is 15.0 Å². The van der Waals surface area contributed by atoms with Gasteiger partial charge in [0.2, 0.25) is 11.8 Å². The predicted molar refractivity (Wildman–Crippen MR) is 97.2 cm³/mol. The van der Waals surface area contributed by atoms with Crippen LogP contribution in [0.1, 0.15) is 18.7 Å². The number of nitrogens with one attached hydrogen (secondary N) is 2. The first-order chi connectivity index (χ1) is 12.7. The van der Waals surface area contributed by atoms with Crippen LogP contribution in [-0.4, -0.2) is 37.8 Å². The Hall–Kier alpha value is -3.42. The number of H-pyrrole nitrogens is 1. The summed E-state index contributed by atoms with van der Waals surface area (Å²) in [7, 11) is 1.56. The third kappa shape index (κ3) is 3.21. The average Bonchev–Trinajstić information content (AvgIpc) is 3.27. The standard InChI is InChI=1S/C18H18N6O2/c1-26-18-8-7-16-22-21-15(24(16)23-18)3-2-4-17(25)20-13-5-6-14-12(11-13)9-10-19-14/h5-11,19H,2-4H2,1H3,(H,20,25). The van der Waals surface area contributed by atoms with E-state index in [2.05, 4.69) is 25.6 Å². The fraction of sp³-hybridized carbons (Fsp3) is 0.222. The average molecular weight is 350 g/mol. The molecular weight excluding hydrogens is 332 g/mol. The molecule has 3 heterocycles. The zero-order valence-corrected chi connectivity index (χ0v) is 14.3. The number of hydrogen-bond acceptors (Lipinski definition) is 5. The van der Waals surface area contributed by atoms with Crippen LogP contribution in [0.3, 0.4) is 0 Å². The molecule has 0 saturated heterocycles. The molecule has 1 amide bonds. The topological polar surface area (TPSA) is 97.2 Å². The summed E-state index contributed by atoms with van der Waals surface area (Å²) in [5.74, 6) is 1.18. The van der Waals surface area contributed by atoms with Crippen LogP contribution < -0.4 is 10.1 Å². The van der Waals surface area contributed by atoms with Crippen molar-refractivity contribution in [2.45, 2.75) is 19.3 Å². The van der Waals surface area contributed by atoms with Gasteiger partial charge in [-0.05, 0) is 36.8 Å². The van der Waals surface area contributed by atoms with Crippen LogP contribution in [-0.2, 0) is 11.2 Å². The second-order valence-corrected chi connectivity index (χ2v) is 5.94. The summed E-state index contributed by atoms with van der Waals surface area (Å²) in [6.07, 6.45) is 3.52. The maximum atomic E-state index is 12.2. The van der Waals surface area contributed by atoms with Gasteiger partial charge in [-0.2, -0.15) is 4.52 Å². The number of aromatic nitrogens is 5. The maximum Gasteiger partial charge on any atom is 0.231 e. The zero-order valence-electron chi connectivity index (χ0n) is 14.3. The fourth-order valence-corrected chi connectivity index (χ4v) is 2.84. The van der Waals surface area contributed by atoms with Crippen LogP contribution in [0.2, 0.25) is 0 Å². The zero-order chi connectivity index (χ0) is 17.9. The third-order valence-electron chi connectivity index (χ3n) is 4.15. The Morgan fingerprint density at radius 3 is 3.04 bits per heavy atom. The molecule has 0 atom stereocenters. The number of carbonyl (C=O) groups excluding carboxylic acids is 1. The second-order valence-electron chi connectivity index (χ2n) is 5.94. The summed E-state index contributed by atoms with van der Waals surface area (Å²) >= 11 is 0. The molecule has 0 saturated carbocycles. The Kier molecular flexibility index (Phi) is 4.22. The van der Waals surface area contributed by atoms with Gasteiger partial charge in [-0.1, -0.05) is 0 Å². The third-order valence-corrected chi connectivity index (χ3v) is 4.15. The molecule has 0 spiro atoms. The molecule has 0 aliphatic carbocycles. The van der Waals surface area contributed by atoms with Gasteiger partial charge in [0.05, 0.1) is 7.11 Å². The predicted octanol–water partition coefficient (Wildman–Crippen LogP) is 2.58. The number of nitrogens with zero attached hydrogens (tertiary/aromatic N) is 4. The quantitative estimate of drug-likeness (QED) is 0.557. The van der Waals surface area contributed by atoms with E-state index in [1.807, 2.05) is 30.5 Å². The Morgan fingerprint density at radius 1 is 1.23 bits per heavy atom. The molecule has 2 N–H and O–H groups in total. The van der Waals surface area contributed by atoms with Crippen LogP contribution in [0, 0.1) is 0 Å². The molecule has 4 rings (SSSR count). The van der Waals surface area contributed by atoms with Crippen molar-refractivity contribution in [3.05, 3.63) is 48.4 Å². The van der Waals surface area contributed by atoms with Crippen molar-refractivity contribution in [1.29, 1.82) is 0 Å². The number of rotatable bonds is 6. The van der Waals surface area contributed by atoms with Crippen molar-refractivity contribution in [2.24, 2.45) is 0 Å². The molecule has 26 heavy (non-hydrogen) atoms. The lowest BCUT2D eigenvalue weighted by Gasteiger charge is -2.05. The highest BCUT2D eigenvalue weighted by atomic mass is 16.5. The molecule has 0 unspecified atom stereocenters. The molecule has 0 fully saturated rings. The molecule has 8 nitrogen and oxygen atoms in total. The molecule has 0 aliphatic rings. The van der Waals surface area contributed by atoms with E-state index in [1.54, 1.807) is 23.8 Å². The van der Waals surface area contributed by atoms with E-state index in [0.29, 0.717) is 36.6 Å². The van der Waals surface area contributed by atoms with Crippen molar-refractivity contribution in [3.63, 3.8) is 0 Å². The number of aromatic amines is 1. The molecule has 4 aromatic rings.